The molecule has 0 saturated carbocycles. The molecule has 0 aliphatic carbocycles. The SMILES string of the molecule is Cc1ccccc1C(=O)Nc1cccc(-n2cnnc2)c1. The highest BCUT2D eigenvalue weighted by atomic mass is 16.1. The van der Waals surface area contributed by atoms with E-state index in [-0.39, 0.29) is 5.91 Å². The first-order valence-corrected chi connectivity index (χ1v) is 6.56. The van der Waals surface area contributed by atoms with Crippen molar-refractivity contribution in [1.29, 1.82) is 0 Å². The van der Waals surface area contributed by atoms with Crippen LogP contribution >= 0.6 is 0 Å². The van der Waals surface area contributed by atoms with Gasteiger partial charge in [0.25, 0.3) is 5.91 Å². The van der Waals surface area contributed by atoms with E-state index in [1.165, 1.54) is 0 Å². The number of anilines is 1. The summed E-state index contributed by atoms with van der Waals surface area (Å²) in [6, 6.07) is 15.0. The Kier molecular flexibility index (Phi) is 3.47. The first-order chi connectivity index (χ1) is 10.2. The van der Waals surface area contributed by atoms with Crippen molar-refractivity contribution in [3.05, 3.63) is 72.3 Å². The van der Waals surface area contributed by atoms with Crippen LogP contribution in [-0.2, 0) is 0 Å². The second-order valence-electron chi connectivity index (χ2n) is 4.69. The highest BCUT2D eigenvalue weighted by Gasteiger charge is 2.08. The molecule has 0 bridgehead atoms. The van der Waals surface area contributed by atoms with Crippen LogP contribution in [0.3, 0.4) is 0 Å². The fraction of sp³-hybridized carbons (Fsp3) is 0.0625. The zero-order chi connectivity index (χ0) is 14.7. The zero-order valence-electron chi connectivity index (χ0n) is 11.5. The molecule has 3 aromatic rings. The summed E-state index contributed by atoms with van der Waals surface area (Å²) < 4.78 is 1.78. The van der Waals surface area contributed by atoms with Crippen LogP contribution in [0, 0.1) is 6.92 Å². The molecule has 0 saturated heterocycles. The van der Waals surface area contributed by atoms with Gasteiger partial charge in [-0.05, 0) is 36.8 Å². The predicted molar refractivity (Wildman–Crippen MR) is 80.5 cm³/mol. The van der Waals surface area contributed by atoms with Gasteiger partial charge in [-0.3, -0.25) is 9.36 Å². The maximum Gasteiger partial charge on any atom is 0.255 e. The van der Waals surface area contributed by atoms with Gasteiger partial charge in [-0.15, -0.1) is 10.2 Å². The first-order valence-electron chi connectivity index (χ1n) is 6.56. The van der Waals surface area contributed by atoms with Gasteiger partial charge in [-0.2, -0.15) is 0 Å². The van der Waals surface area contributed by atoms with E-state index in [0.717, 1.165) is 16.9 Å². The molecule has 104 valence electrons. The average molecular weight is 278 g/mol. The number of carbonyl (C=O) groups excluding carboxylic acids is 1. The molecule has 0 unspecified atom stereocenters. The topological polar surface area (TPSA) is 59.8 Å². The summed E-state index contributed by atoms with van der Waals surface area (Å²) in [5.41, 5.74) is 3.24. The molecule has 21 heavy (non-hydrogen) atoms. The molecule has 1 amide bonds. The first kappa shape index (κ1) is 13.1. The van der Waals surface area contributed by atoms with Crippen LogP contribution in [0.5, 0.6) is 0 Å². The summed E-state index contributed by atoms with van der Waals surface area (Å²) in [5.74, 6) is -0.117. The summed E-state index contributed by atoms with van der Waals surface area (Å²) in [5, 5.41) is 10.5. The third-order valence-electron chi connectivity index (χ3n) is 3.21. The van der Waals surface area contributed by atoms with Crippen molar-refractivity contribution >= 4 is 11.6 Å². The summed E-state index contributed by atoms with van der Waals surface area (Å²) in [4.78, 5) is 12.3. The van der Waals surface area contributed by atoms with Gasteiger partial charge in [0.1, 0.15) is 12.7 Å². The fourth-order valence-electron chi connectivity index (χ4n) is 2.10. The molecular formula is C16H14N4O. The number of benzene rings is 2. The predicted octanol–water partition coefficient (Wildman–Crippen LogP) is 2.83. The lowest BCUT2D eigenvalue weighted by atomic mass is 10.1. The maximum absolute atomic E-state index is 12.3. The minimum atomic E-state index is -0.117. The Hall–Kier alpha value is -2.95. The van der Waals surface area contributed by atoms with E-state index in [2.05, 4.69) is 15.5 Å². The lowest BCUT2D eigenvalue weighted by Gasteiger charge is -2.09. The Balaban J connectivity index is 1.84. The van der Waals surface area contributed by atoms with Crippen LogP contribution in [0.2, 0.25) is 0 Å². The van der Waals surface area contributed by atoms with Gasteiger partial charge in [-0.1, -0.05) is 24.3 Å². The number of nitrogens with one attached hydrogen (secondary N) is 1. The fourth-order valence-corrected chi connectivity index (χ4v) is 2.10. The normalized spacial score (nSPS) is 10.3. The second kappa shape index (κ2) is 5.58. The third-order valence-corrected chi connectivity index (χ3v) is 3.21. The van der Waals surface area contributed by atoms with Crippen LogP contribution in [0.25, 0.3) is 5.69 Å². The van der Waals surface area contributed by atoms with Gasteiger partial charge in [0, 0.05) is 11.3 Å². The minimum absolute atomic E-state index is 0.117. The van der Waals surface area contributed by atoms with Gasteiger partial charge in [-0.25, -0.2) is 0 Å². The number of aryl methyl sites for hydroxylation is 1. The number of carbonyl (C=O) groups is 1. The largest absolute Gasteiger partial charge is 0.322 e. The van der Waals surface area contributed by atoms with E-state index in [0.29, 0.717) is 5.56 Å². The molecule has 0 radical (unpaired) electrons. The maximum atomic E-state index is 12.3. The van der Waals surface area contributed by atoms with Gasteiger partial charge in [0.05, 0.1) is 5.69 Å². The Morgan fingerprint density at radius 3 is 2.57 bits per heavy atom. The van der Waals surface area contributed by atoms with Crippen molar-refractivity contribution in [2.45, 2.75) is 6.92 Å². The van der Waals surface area contributed by atoms with E-state index < -0.39 is 0 Å². The molecule has 1 heterocycles. The molecule has 1 aromatic heterocycles. The summed E-state index contributed by atoms with van der Waals surface area (Å²) in [7, 11) is 0. The van der Waals surface area contributed by atoms with Gasteiger partial charge >= 0.3 is 0 Å². The molecule has 2 aromatic carbocycles. The van der Waals surface area contributed by atoms with Gasteiger partial charge in [0.2, 0.25) is 0 Å². The molecule has 0 spiro atoms. The van der Waals surface area contributed by atoms with Crippen molar-refractivity contribution in [2.75, 3.05) is 5.32 Å². The van der Waals surface area contributed by atoms with Crippen LogP contribution in [0.1, 0.15) is 15.9 Å². The Morgan fingerprint density at radius 1 is 1.05 bits per heavy atom. The number of hydrogen-bond donors (Lipinski definition) is 1. The van der Waals surface area contributed by atoms with E-state index in [4.69, 9.17) is 0 Å². The van der Waals surface area contributed by atoms with E-state index in [1.807, 2.05) is 55.5 Å². The molecule has 3 rings (SSSR count). The van der Waals surface area contributed by atoms with Crippen LogP contribution in [-0.4, -0.2) is 20.7 Å². The Labute approximate surface area is 122 Å². The standard InChI is InChI=1S/C16H14N4O/c1-12-5-2-3-8-15(12)16(21)19-13-6-4-7-14(9-13)20-10-17-18-11-20/h2-11H,1H3,(H,19,21). The zero-order valence-corrected chi connectivity index (χ0v) is 11.5. The molecule has 5 nitrogen and oxygen atoms in total. The van der Waals surface area contributed by atoms with Gasteiger partial charge in [0.15, 0.2) is 0 Å². The van der Waals surface area contributed by atoms with Crippen molar-refractivity contribution < 1.29 is 4.79 Å². The average Bonchev–Trinajstić information content (AvgIpc) is 3.02. The molecule has 0 atom stereocenters. The van der Waals surface area contributed by atoms with Crippen molar-refractivity contribution in [2.24, 2.45) is 0 Å². The summed E-state index contributed by atoms with van der Waals surface area (Å²) in [6.07, 6.45) is 3.23. The molecule has 5 heteroatoms. The minimum Gasteiger partial charge on any atom is -0.322 e. The van der Waals surface area contributed by atoms with Crippen molar-refractivity contribution in [3.63, 3.8) is 0 Å². The van der Waals surface area contributed by atoms with Crippen LogP contribution in [0.4, 0.5) is 5.69 Å². The molecule has 0 aliphatic rings. The quantitative estimate of drug-likeness (QED) is 0.801. The second-order valence-corrected chi connectivity index (χ2v) is 4.69. The van der Waals surface area contributed by atoms with Crippen LogP contribution in [0.15, 0.2) is 61.2 Å². The summed E-state index contributed by atoms with van der Waals surface area (Å²) in [6.45, 7) is 1.92. The smallest absolute Gasteiger partial charge is 0.255 e. The third kappa shape index (κ3) is 2.81. The highest BCUT2D eigenvalue weighted by molar-refractivity contribution is 6.05. The number of hydrogen-bond acceptors (Lipinski definition) is 3. The van der Waals surface area contributed by atoms with E-state index in [9.17, 15) is 4.79 Å². The Morgan fingerprint density at radius 2 is 1.81 bits per heavy atom. The van der Waals surface area contributed by atoms with E-state index in [1.54, 1.807) is 17.2 Å². The van der Waals surface area contributed by atoms with Crippen molar-refractivity contribution in [3.8, 4) is 5.69 Å². The number of amides is 1. The summed E-state index contributed by atoms with van der Waals surface area (Å²) >= 11 is 0. The number of nitrogens with zero attached hydrogens (tertiary/aromatic N) is 3. The molecule has 0 fully saturated rings. The lowest BCUT2D eigenvalue weighted by molar-refractivity contribution is 0.102. The number of rotatable bonds is 3. The van der Waals surface area contributed by atoms with Crippen molar-refractivity contribution in [1.82, 2.24) is 14.8 Å². The van der Waals surface area contributed by atoms with Gasteiger partial charge < -0.3 is 5.32 Å². The van der Waals surface area contributed by atoms with E-state index >= 15 is 0 Å². The van der Waals surface area contributed by atoms with Crippen LogP contribution < -0.4 is 5.32 Å². The molecule has 0 aliphatic heterocycles. The highest BCUT2D eigenvalue weighted by Crippen LogP contribution is 2.16. The monoisotopic (exact) mass is 278 g/mol. The molecule has 1 N–H and O–H groups in total. The number of aromatic nitrogens is 3. The lowest BCUT2D eigenvalue weighted by Crippen LogP contribution is -2.13. The Bertz CT molecular complexity index is 765. The molecular weight excluding hydrogens is 264 g/mol.